The van der Waals surface area contributed by atoms with E-state index in [0.717, 1.165) is 31.7 Å². The predicted octanol–water partition coefficient (Wildman–Crippen LogP) is 2.46. The minimum atomic E-state index is -0.0503. The molecule has 1 atom stereocenters. The van der Waals surface area contributed by atoms with Gasteiger partial charge in [0, 0.05) is 23.7 Å². The Balaban J connectivity index is 2.25. The average molecular weight is 240 g/mol. The van der Waals surface area contributed by atoms with Gasteiger partial charge < -0.3 is 10.1 Å². The third-order valence-electron chi connectivity index (χ3n) is 2.83. The predicted molar refractivity (Wildman–Crippen MR) is 66.9 cm³/mol. The summed E-state index contributed by atoms with van der Waals surface area (Å²) in [5.74, 6) is 0. The summed E-state index contributed by atoms with van der Waals surface area (Å²) in [4.78, 5) is 4.64. The normalized spacial score (nSPS) is 26.2. The molecule has 0 radical (unpaired) electrons. The van der Waals surface area contributed by atoms with Gasteiger partial charge in [0.05, 0.1) is 12.1 Å². The second kappa shape index (κ2) is 4.82. The van der Waals surface area contributed by atoms with E-state index in [2.05, 4.69) is 29.5 Å². The molecule has 1 N–H and O–H groups in total. The van der Waals surface area contributed by atoms with Gasteiger partial charge in [-0.25, -0.2) is 4.98 Å². The third-order valence-corrected chi connectivity index (χ3v) is 4.00. The van der Waals surface area contributed by atoms with Crippen molar-refractivity contribution in [2.45, 2.75) is 45.2 Å². The van der Waals surface area contributed by atoms with Crippen LogP contribution in [0.15, 0.2) is 5.38 Å². The average Bonchev–Trinajstić information content (AvgIpc) is 2.66. The Bertz CT molecular complexity index is 343. The van der Waals surface area contributed by atoms with Crippen molar-refractivity contribution in [3.05, 3.63) is 16.1 Å². The third kappa shape index (κ3) is 2.44. The molecule has 1 aliphatic heterocycles. The van der Waals surface area contributed by atoms with Crippen LogP contribution in [0, 0.1) is 6.92 Å². The van der Waals surface area contributed by atoms with E-state index in [4.69, 9.17) is 4.74 Å². The van der Waals surface area contributed by atoms with Crippen LogP contribution in [0.5, 0.6) is 0 Å². The van der Waals surface area contributed by atoms with Gasteiger partial charge in [0.15, 0.2) is 0 Å². The van der Waals surface area contributed by atoms with Gasteiger partial charge in [0.2, 0.25) is 0 Å². The van der Waals surface area contributed by atoms with E-state index in [1.807, 2.05) is 6.92 Å². The van der Waals surface area contributed by atoms with Crippen LogP contribution >= 0.6 is 11.3 Å². The van der Waals surface area contributed by atoms with Gasteiger partial charge in [0.25, 0.3) is 0 Å². The quantitative estimate of drug-likeness (QED) is 0.881. The maximum atomic E-state index is 5.65. The van der Waals surface area contributed by atoms with Crippen LogP contribution in [0.25, 0.3) is 0 Å². The van der Waals surface area contributed by atoms with Crippen molar-refractivity contribution in [2.24, 2.45) is 0 Å². The fourth-order valence-corrected chi connectivity index (χ4v) is 3.24. The van der Waals surface area contributed by atoms with Crippen LogP contribution in [0.3, 0.4) is 0 Å². The van der Waals surface area contributed by atoms with Crippen LogP contribution in [-0.4, -0.2) is 24.2 Å². The van der Waals surface area contributed by atoms with Crippen LogP contribution in [-0.2, 0) is 10.3 Å². The molecular formula is C12H20N2OS. The summed E-state index contributed by atoms with van der Waals surface area (Å²) in [6, 6.07) is 0.450. The lowest BCUT2D eigenvalue weighted by Crippen LogP contribution is -2.51. The Morgan fingerprint density at radius 1 is 1.56 bits per heavy atom. The van der Waals surface area contributed by atoms with Gasteiger partial charge in [-0.2, -0.15) is 0 Å². The second-order valence-corrected chi connectivity index (χ2v) is 5.69. The molecule has 2 heterocycles. The molecule has 1 aliphatic rings. The maximum Gasteiger partial charge on any atom is 0.115 e. The largest absolute Gasteiger partial charge is 0.379 e. The van der Waals surface area contributed by atoms with Gasteiger partial charge in [-0.05, 0) is 33.6 Å². The molecule has 0 aliphatic carbocycles. The zero-order chi connectivity index (χ0) is 11.6. The number of nitrogens with zero attached hydrogens (tertiary/aromatic N) is 1. The molecule has 1 aromatic heterocycles. The molecule has 0 amide bonds. The fourth-order valence-electron chi connectivity index (χ4n) is 2.27. The van der Waals surface area contributed by atoms with Crippen molar-refractivity contribution in [1.82, 2.24) is 10.3 Å². The van der Waals surface area contributed by atoms with E-state index in [-0.39, 0.29) is 5.54 Å². The minimum absolute atomic E-state index is 0.0503. The van der Waals surface area contributed by atoms with Gasteiger partial charge in [-0.3, -0.25) is 0 Å². The summed E-state index contributed by atoms with van der Waals surface area (Å²) in [5, 5.41) is 6.95. The number of nitrogens with one attached hydrogen (secondary N) is 1. The smallest absolute Gasteiger partial charge is 0.115 e. The minimum Gasteiger partial charge on any atom is -0.379 e. The summed E-state index contributed by atoms with van der Waals surface area (Å²) in [6.45, 7) is 8.03. The van der Waals surface area contributed by atoms with Crippen LogP contribution in [0.1, 0.15) is 37.4 Å². The maximum absolute atomic E-state index is 5.65. The summed E-state index contributed by atoms with van der Waals surface area (Å²) < 4.78 is 5.65. The number of ether oxygens (including phenoxy) is 1. The molecule has 90 valence electrons. The molecule has 1 saturated heterocycles. The summed E-state index contributed by atoms with van der Waals surface area (Å²) in [6.07, 6.45) is 2.23. The van der Waals surface area contributed by atoms with Crippen molar-refractivity contribution in [3.63, 3.8) is 0 Å². The van der Waals surface area contributed by atoms with Gasteiger partial charge in [-0.15, -0.1) is 11.3 Å². The highest BCUT2D eigenvalue weighted by atomic mass is 32.1. The molecule has 16 heavy (non-hydrogen) atoms. The molecule has 2 rings (SSSR count). The van der Waals surface area contributed by atoms with Crippen molar-refractivity contribution >= 4 is 11.3 Å². The topological polar surface area (TPSA) is 34.1 Å². The van der Waals surface area contributed by atoms with E-state index in [0.29, 0.717) is 6.04 Å². The Labute approximate surface area is 101 Å². The number of aromatic nitrogens is 1. The highest BCUT2D eigenvalue weighted by Gasteiger charge is 2.37. The van der Waals surface area contributed by atoms with E-state index in [1.165, 1.54) is 5.01 Å². The highest BCUT2D eigenvalue weighted by molar-refractivity contribution is 7.09. The number of thiazole rings is 1. The van der Waals surface area contributed by atoms with E-state index in [9.17, 15) is 0 Å². The summed E-state index contributed by atoms with van der Waals surface area (Å²) in [5.41, 5.74) is 1.06. The van der Waals surface area contributed by atoms with Crippen LogP contribution in [0.4, 0.5) is 0 Å². The van der Waals surface area contributed by atoms with Gasteiger partial charge in [-0.1, -0.05) is 0 Å². The Morgan fingerprint density at radius 3 is 2.88 bits per heavy atom. The standard InChI is InChI=1S/C12H20N2OS/c1-9(2)14-12(5-4-6-15-8-12)11-13-10(3)7-16-11/h7,9,14H,4-6,8H2,1-3H3. The Kier molecular flexibility index (Phi) is 3.62. The van der Waals surface area contributed by atoms with Crippen molar-refractivity contribution in [1.29, 1.82) is 0 Å². The molecule has 0 spiro atoms. The lowest BCUT2D eigenvalue weighted by molar-refractivity contribution is 0.0140. The number of hydrogen-bond donors (Lipinski definition) is 1. The summed E-state index contributed by atoms with van der Waals surface area (Å²) in [7, 11) is 0. The molecule has 0 aromatic carbocycles. The molecule has 4 heteroatoms. The van der Waals surface area contributed by atoms with E-state index >= 15 is 0 Å². The summed E-state index contributed by atoms with van der Waals surface area (Å²) >= 11 is 1.74. The lowest BCUT2D eigenvalue weighted by atomic mass is 9.92. The van der Waals surface area contributed by atoms with Gasteiger partial charge in [0.1, 0.15) is 5.01 Å². The molecule has 1 unspecified atom stereocenters. The number of rotatable bonds is 3. The van der Waals surface area contributed by atoms with Crippen molar-refractivity contribution in [2.75, 3.05) is 13.2 Å². The van der Waals surface area contributed by atoms with Crippen molar-refractivity contribution in [3.8, 4) is 0 Å². The first-order valence-corrected chi connectivity index (χ1v) is 6.78. The molecule has 1 aromatic rings. The highest BCUT2D eigenvalue weighted by Crippen LogP contribution is 2.33. The van der Waals surface area contributed by atoms with E-state index < -0.39 is 0 Å². The molecule has 1 fully saturated rings. The Morgan fingerprint density at radius 2 is 2.38 bits per heavy atom. The monoisotopic (exact) mass is 240 g/mol. The molecule has 3 nitrogen and oxygen atoms in total. The first kappa shape index (κ1) is 12.0. The second-order valence-electron chi connectivity index (χ2n) is 4.83. The Hall–Kier alpha value is -0.450. The zero-order valence-corrected chi connectivity index (χ0v) is 11.1. The number of hydrogen-bond acceptors (Lipinski definition) is 4. The first-order chi connectivity index (χ1) is 7.62. The van der Waals surface area contributed by atoms with Crippen LogP contribution < -0.4 is 5.32 Å². The molecule has 0 saturated carbocycles. The first-order valence-electron chi connectivity index (χ1n) is 5.90. The SMILES string of the molecule is Cc1csc(C2(NC(C)C)CCCOC2)n1. The van der Waals surface area contributed by atoms with E-state index in [1.54, 1.807) is 11.3 Å². The van der Waals surface area contributed by atoms with Crippen molar-refractivity contribution < 1.29 is 4.74 Å². The van der Waals surface area contributed by atoms with Gasteiger partial charge >= 0.3 is 0 Å². The molecule has 0 bridgehead atoms. The lowest BCUT2D eigenvalue weighted by Gasteiger charge is -2.37. The molecular weight excluding hydrogens is 220 g/mol. The number of aryl methyl sites for hydroxylation is 1. The van der Waals surface area contributed by atoms with Crippen LogP contribution in [0.2, 0.25) is 0 Å². The zero-order valence-electron chi connectivity index (χ0n) is 10.2. The fraction of sp³-hybridized carbons (Fsp3) is 0.750.